The predicted molar refractivity (Wildman–Crippen MR) is 98.5 cm³/mol. The number of benzene rings is 1. The highest BCUT2D eigenvalue weighted by atomic mass is 79.9. The summed E-state index contributed by atoms with van der Waals surface area (Å²) in [6.45, 7) is 2.24. The van der Waals surface area contributed by atoms with E-state index >= 15 is 0 Å². The number of likely N-dealkylation sites (tertiary alicyclic amines) is 1. The van der Waals surface area contributed by atoms with Crippen molar-refractivity contribution in [2.75, 3.05) is 25.5 Å². The zero-order valence-corrected chi connectivity index (χ0v) is 15.1. The summed E-state index contributed by atoms with van der Waals surface area (Å²) >= 11 is 3.46. The topological polar surface area (TPSA) is 58.9 Å². The molecule has 1 aliphatic rings. The van der Waals surface area contributed by atoms with E-state index in [9.17, 15) is 0 Å². The molecule has 2 aromatic heterocycles. The van der Waals surface area contributed by atoms with Gasteiger partial charge >= 0.3 is 0 Å². The number of fused-ring (bicyclic) bond motifs is 1. The maximum atomic E-state index is 4.56. The van der Waals surface area contributed by atoms with E-state index in [0.717, 1.165) is 47.0 Å². The molecule has 24 heavy (non-hydrogen) atoms. The zero-order valence-electron chi connectivity index (χ0n) is 13.5. The van der Waals surface area contributed by atoms with Gasteiger partial charge in [-0.15, -0.1) is 0 Å². The van der Waals surface area contributed by atoms with E-state index in [4.69, 9.17) is 0 Å². The Labute approximate surface area is 149 Å². The van der Waals surface area contributed by atoms with E-state index in [-0.39, 0.29) is 0 Å². The largest absolute Gasteiger partial charge is 0.321 e. The first kappa shape index (κ1) is 15.5. The lowest BCUT2D eigenvalue weighted by Gasteiger charge is -2.28. The van der Waals surface area contributed by atoms with Gasteiger partial charge in [0.15, 0.2) is 0 Å². The minimum atomic E-state index is 0.478. The Morgan fingerprint density at radius 2 is 2.04 bits per heavy atom. The van der Waals surface area contributed by atoms with Crippen LogP contribution in [0.3, 0.4) is 0 Å². The molecule has 0 amide bonds. The summed E-state index contributed by atoms with van der Waals surface area (Å²) in [6.07, 6.45) is 7.99. The van der Waals surface area contributed by atoms with Crippen molar-refractivity contribution in [1.82, 2.24) is 24.6 Å². The van der Waals surface area contributed by atoms with Crippen LogP contribution in [0, 0.1) is 0 Å². The Bertz CT molecular complexity index is 853. The molecule has 1 saturated heterocycles. The van der Waals surface area contributed by atoms with Gasteiger partial charge in [0.25, 0.3) is 0 Å². The normalized spacial score (nSPS) is 16.6. The number of hydrogen-bond donors (Lipinski definition) is 1. The first-order valence-electron chi connectivity index (χ1n) is 8.09. The Hall–Kier alpha value is -1.99. The summed E-state index contributed by atoms with van der Waals surface area (Å²) < 4.78 is 3.09. The van der Waals surface area contributed by atoms with Gasteiger partial charge in [0.1, 0.15) is 0 Å². The summed E-state index contributed by atoms with van der Waals surface area (Å²) in [5.74, 6) is 0.591. The lowest BCUT2D eigenvalue weighted by atomic mass is 10.1. The maximum Gasteiger partial charge on any atom is 0.227 e. The van der Waals surface area contributed by atoms with E-state index in [1.165, 1.54) is 0 Å². The molecule has 1 fully saturated rings. The molecule has 1 N–H and O–H groups in total. The maximum absolute atomic E-state index is 4.56. The molecule has 0 atom stereocenters. The molecule has 0 aliphatic carbocycles. The lowest BCUT2D eigenvalue weighted by Crippen LogP contribution is -2.31. The molecule has 7 heteroatoms. The van der Waals surface area contributed by atoms with Crippen molar-refractivity contribution < 1.29 is 0 Å². The number of halogens is 1. The molecule has 0 spiro atoms. The van der Waals surface area contributed by atoms with Crippen LogP contribution in [0.4, 0.5) is 11.6 Å². The van der Waals surface area contributed by atoms with Crippen molar-refractivity contribution in [2.45, 2.75) is 18.9 Å². The number of aromatic nitrogens is 4. The molecular formula is C17H19BrN6. The molecule has 3 heterocycles. The zero-order chi connectivity index (χ0) is 16.5. The number of nitrogens with one attached hydrogen (secondary N) is 1. The minimum absolute atomic E-state index is 0.478. The van der Waals surface area contributed by atoms with E-state index in [1.54, 1.807) is 0 Å². The molecule has 0 unspecified atom stereocenters. The van der Waals surface area contributed by atoms with Crippen molar-refractivity contribution in [1.29, 1.82) is 0 Å². The second kappa shape index (κ2) is 6.49. The Balaban J connectivity index is 1.50. The Morgan fingerprint density at radius 1 is 1.21 bits per heavy atom. The fourth-order valence-electron chi connectivity index (χ4n) is 3.06. The van der Waals surface area contributed by atoms with Gasteiger partial charge < -0.3 is 10.2 Å². The summed E-state index contributed by atoms with van der Waals surface area (Å²) in [4.78, 5) is 11.3. The molecule has 1 aliphatic heterocycles. The van der Waals surface area contributed by atoms with Crippen molar-refractivity contribution in [3.63, 3.8) is 0 Å². The molecular weight excluding hydrogens is 368 g/mol. The molecule has 0 radical (unpaired) electrons. The first-order chi connectivity index (χ1) is 11.7. The van der Waals surface area contributed by atoms with Gasteiger partial charge in [-0.1, -0.05) is 15.9 Å². The Morgan fingerprint density at radius 3 is 2.88 bits per heavy atom. The number of hydrogen-bond acceptors (Lipinski definition) is 5. The van der Waals surface area contributed by atoms with E-state index < -0.39 is 0 Å². The number of anilines is 2. The van der Waals surface area contributed by atoms with Gasteiger partial charge in [-0.05, 0) is 51.2 Å². The quantitative estimate of drug-likeness (QED) is 0.744. The van der Waals surface area contributed by atoms with Crippen molar-refractivity contribution in [2.24, 2.45) is 0 Å². The Kier molecular flexibility index (Phi) is 4.20. The van der Waals surface area contributed by atoms with Crippen LogP contribution in [0.5, 0.6) is 0 Å². The lowest BCUT2D eigenvalue weighted by molar-refractivity contribution is 0.212. The highest BCUT2D eigenvalue weighted by Gasteiger charge is 2.19. The smallest absolute Gasteiger partial charge is 0.227 e. The molecule has 0 bridgehead atoms. The number of rotatable bonds is 3. The standard InChI is InChI=1S/C17H19BrN6/c1-23-6-4-15(5-7-23)24-11-14(10-20-24)21-17-19-9-12-8-13(18)2-3-16(12)22-17/h2-3,8-11,15H,4-7H2,1H3,(H,19,21,22). The summed E-state index contributed by atoms with van der Waals surface area (Å²) in [7, 11) is 2.17. The van der Waals surface area contributed by atoms with Crippen molar-refractivity contribution in [3.05, 3.63) is 41.3 Å². The monoisotopic (exact) mass is 386 g/mol. The number of piperidine rings is 1. The summed E-state index contributed by atoms with van der Waals surface area (Å²) in [5.41, 5.74) is 1.84. The van der Waals surface area contributed by atoms with Crippen molar-refractivity contribution >= 4 is 38.5 Å². The van der Waals surface area contributed by atoms with Gasteiger partial charge in [-0.2, -0.15) is 5.10 Å². The van der Waals surface area contributed by atoms with Crippen LogP contribution in [0.15, 0.2) is 41.3 Å². The van der Waals surface area contributed by atoms with E-state index in [1.807, 2.05) is 36.8 Å². The summed E-state index contributed by atoms with van der Waals surface area (Å²) in [6, 6.07) is 6.45. The van der Waals surface area contributed by atoms with Gasteiger partial charge in [0.05, 0.1) is 23.4 Å². The predicted octanol–water partition coefficient (Wildman–Crippen LogP) is 3.60. The molecule has 6 nitrogen and oxygen atoms in total. The summed E-state index contributed by atoms with van der Waals surface area (Å²) in [5, 5.41) is 8.77. The molecule has 124 valence electrons. The highest BCUT2D eigenvalue weighted by molar-refractivity contribution is 9.10. The fourth-order valence-corrected chi connectivity index (χ4v) is 3.43. The second-order valence-electron chi connectivity index (χ2n) is 6.27. The van der Waals surface area contributed by atoms with Crippen LogP contribution in [0.2, 0.25) is 0 Å². The van der Waals surface area contributed by atoms with Gasteiger partial charge in [0.2, 0.25) is 5.95 Å². The van der Waals surface area contributed by atoms with E-state index in [2.05, 4.69) is 52.9 Å². The van der Waals surface area contributed by atoms with Crippen LogP contribution in [0.25, 0.3) is 10.9 Å². The minimum Gasteiger partial charge on any atom is -0.321 e. The van der Waals surface area contributed by atoms with Crippen LogP contribution in [-0.2, 0) is 0 Å². The van der Waals surface area contributed by atoms with Gasteiger partial charge in [-0.25, -0.2) is 9.97 Å². The average Bonchev–Trinajstić information content (AvgIpc) is 3.04. The van der Waals surface area contributed by atoms with Crippen LogP contribution in [-0.4, -0.2) is 44.8 Å². The van der Waals surface area contributed by atoms with Gasteiger partial charge in [-0.3, -0.25) is 4.68 Å². The fraction of sp³-hybridized carbons (Fsp3) is 0.353. The van der Waals surface area contributed by atoms with Crippen molar-refractivity contribution in [3.8, 4) is 0 Å². The molecule has 1 aromatic carbocycles. The van der Waals surface area contributed by atoms with Crippen LogP contribution >= 0.6 is 15.9 Å². The van der Waals surface area contributed by atoms with Crippen LogP contribution in [0.1, 0.15) is 18.9 Å². The SMILES string of the molecule is CN1CCC(n2cc(Nc3ncc4cc(Br)ccc4n3)cn2)CC1. The average molecular weight is 387 g/mol. The third-order valence-corrected chi connectivity index (χ3v) is 4.95. The van der Waals surface area contributed by atoms with Crippen LogP contribution < -0.4 is 5.32 Å². The van der Waals surface area contributed by atoms with E-state index in [0.29, 0.717) is 12.0 Å². The third-order valence-electron chi connectivity index (χ3n) is 4.46. The first-order valence-corrected chi connectivity index (χ1v) is 8.89. The molecule has 3 aromatic rings. The highest BCUT2D eigenvalue weighted by Crippen LogP contribution is 2.24. The third kappa shape index (κ3) is 3.27. The molecule has 4 rings (SSSR count). The second-order valence-corrected chi connectivity index (χ2v) is 7.18. The number of nitrogens with zero attached hydrogens (tertiary/aromatic N) is 5. The van der Waals surface area contributed by atoms with Gasteiger partial charge in [0, 0.05) is 22.3 Å². The molecule has 0 saturated carbocycles.